The summed E-state index contributed by atoms with van der Waals surface area (Å²) in [6, 6.07) is 3.25. The molecular formula is C16H19F3N4O4. The number of rotatable bonds is 6. The van der Waals surface area contributed by atoms with Crippen LogP contribution in [0.2, 0.25) is 0 Å². The first-order valence-electron chi connectivity index (χ1n) is 7.89. The van der Waals surface area contributed by atoms with Crippen LogP contribution in [0, 0.1) is 13.8 Å². The second-order valence-corrected chi connectivity index (χ2v) is 6.16. The van der Waals surface area contributed by atoms with Crippen LogP contribution in [-0.4, -0.2) is 45.4 Å². The molecule has 0 aliphatic rings. The monoisotopic (exact) mass is 388 g/mol. The molecular weight excluding hydrogens is 369 g/mol. The van der Waals surface area contributed by atoms with Crippen molar-refractivity contribution >= 4 is 5.91 Å². The molecule has 27 heavy (non-hydrogen) atoms. The van der Waals surface area contributed by atoms with Crippen molar-refractivity contribution in [3.8, 4) is 5.75 Å². The van der Waals surface area contributed by atoms with Crippen LogP contribution < -0.4 is 16.1 Å². The van der Waals surface area contributed by atoms with Crippen molar-refractivity contribution < 1.29 is 22.7 Å². The zero-order chi connectivity index (χ0) is 20.4. The van der Waals surface area contributed by atoms with Gasteiger partial charge in [-0.2, -0.15) is 13.2 Å². The maximum Gasteiger partial charge on any atom is 0.422 e. The number of hydrogen-bond donors (Lipinski definition) is 2. The average molecular weight is 388 g/mol. The highest BCUT2D eigenvalue weighted by atomic mass is 19.4. The Morgan fingerprint density at radius 2 is 1.67 bits per heavy atom. The first kappa shape index (κ1) is 20.3. The second kappa shape index (κ2) is 7.72. The lowest BCUT2D eigenvalue weighted by Gasteiger charge is -2.19. The van der Waals surface area contributed by atoms with Gasteiger partial charge in [-0.05, 0) is 30.5 Å². The van der Waals surface area contributed by atoms with Crippen molar-refractivity contribution in [2.75, 3.05) is 13.7 Å². The Labute approximate surface area is 151 Å². The number of likely N-dealkylation sites (N-methyl/N-ethyl adjacent to an activating group) is 1. The summed E-state index contributed by atoms with van der Waals surface area (Å²) in [7, 11) is 1.49. The van der Waals surface area contributed by atoms with E-state index in [0.717, 1.165) is 4.57 Å². The highest BCUT2D eigenvalue weighted by Crippen LogP contribution is 2.27. The lowest BCUT2D eigenvalue weighted by Crippen LogP contribution is -2.36. The van der Waals surface area contributed by atoms with Gasteiger partial charge in [-0.1, -0.05) is 12.1 Å². The molecule has 0 fully saturated rings. The van der Waals surface area contributed by atoms with Crippen LogP contribution >= 0.6 is 0 Å². The number of aromatic amines is 2. The van der Waals surface area contributed by atoms with Crippen molar-refractivity contribution in [2.45, 2.75) is 33.1 Å². The van der Waals surface area contributed by atoms with Crippen molar-refractivity contribution in [3.05, 3.63) is 49.8 Å². The van der Waals surface area contributed by atoms with Gasteiger partial charge in [0, 0.05) is 13.6 Å². The number of aromatic nitrogens is 3. The van der Waals surface area contributed by atoms with E-state index in [1.807, 2.05) is 0 Å². The summed E-state index contributed by atoms with van der Waals surface area (Å²) in [6.07, 6.45) is -4.43. The number of H-pyrrole nitrogens is 2. The third-order valence-electron chi connectivity index (χ3n) is 3.81. The predicted molar refractivity (Wildman–Crippen MR) is 89.6 cm³/mol. The predicted octanol–water partition coefficient (Wildman–Crippen LogP) is 1.08. The summed E-state index contributed by atoms with van der Waals surface area (Å²) in [5, 5.41) is 4.16. The number of nitrogens with zero attached hydrogens (tertiary/aromatic N) is 2. The molecule has 0 saturated heterocycles. The van der Waals surface area contributed by atoms with E-state index in [2.05, 4.69) is 10.2 Å². The fourth-order valence-electron chi connectivity index (χ4n) is 2.61. The quantitative estimate of drug-likeness (QED) is 0.773. The van der Waals surface area contributed by atoms with Gasteiger partial charge in [-0.15, -0.1) is 0 Å². The smallest absolute Gasteiger partial charge is 0.422 e. The van der Waals surface area contributed by atoms with E-state index in [9.17, 15) is 27.6 Å². The normalized spacial score (nSPS) is 11.5. The van der Waals surface area contributed by atoms with E-state index in [0.29, 0.717) is 16.7 Å². The van der Waals surface area contributed by atoms with Crippen LogP contribution in [0.5, 0.6) is 5.75 Å². The van der Waals surface area contributed by atoms with Gasteiger partial charge in [0.25, 0.3) is 0 Å². The van der Waals surface area contributed by atoms with Crippen LogP contribution in [0.3, 0.4) is 0 Å². The molecule has 0 radical (unpaired) electrons. The van der Waals surface area contributed by atoms with E-state index in [1.54, 1.807) is 26.0 Å². The zero-order valence-electron chi connectivity index (χ0n) is 14.9. The summed E-state index contributed by atoms with van der Waals surface area (Å²) in [4.78, 5) is 36.4. The van der Waals surface area contributed by atoms with Gasteiger partial charge in [0.15, 0.2) is 6.61 Å². The molecule has 1 aromatic carbocycles. The molecule has 0 saturated carbocycles. The van der Waals surface area contributed by atoms with Crippen LogP contribution in [-0.2, 0) is 17.9 Å². The number of amides is 1. The fraction of sp³-hybridized carbons (Fsp3) is 0.438. The minimum atomic E-state index is -4.43. The van der Waals surface area contributed by atoms with Crippen molar-refractivity contribution in [1.29, 1.82) is 0 Å². The largest absolute Gasteiger partial charge is 0.484 e. The summed E-state index contributed by atoms with van der Waals surface area (Å²) in [6.45, 7) is 1.56. The Hall–Kier alpha value is -2.98. The Kier molecular flexibility index (Phi) is 5.82. The molecule has 1 heterocycles. The molecule has 0 bridgehead atoms. The lowest BCUT2D eigenvalue weighted by molar-refractivity contribution is -0.153. The van der Waals surface area contributed by atoms with Gasteiger partial charge in [0.2, 0.25) is 5.91 Å². The Morgan fingerprint density at radius 1 is 1.15 bits per heavy atom. The Balaban J connectivity index is 2.09. The molecule has 1 aromatic heterocycles. The van der Waals surface area contributed by atoms with Gasteiger partial charge >= 0.3 is 17.6 Å². The highest BCUT2D eigenvalue weighted by molar-refractivity contribution is 5.75. The molecule has 2 aromatic rings. The molecule has 8 nitrogen and oxygen atoms in total. The molecule has 0 aliphatic heterocycles. The van der Waals surface area contributed by atoms with Crippen LogP contribution in [0.25, 0.3) is 0 Å². The number of alkyl halides is 3. The van der Waals surface area contributed by atoms with Gasteiger partial charge in [0.1, 0.15) is 12.3 Å². The fourth-order valence-corrected chi connectivity index (χ4v) is 2.61. The molecule has 0 atom stereocenters. The third-order valence-corrected chi connectivity index (χ3v) is 3.81. The van der Waals surface area contributed by atoms with E-state index >= 15 is 0 Å². The minimum Gasteiger partial charge on any atom is -0.484 e. The maximum absolute atomic E-state index is 12.3. The number of benzene rings is 1. The molecule has 0 unspecified atom stereocenters. The SMILES string of the molecule is Cc1cc(CN(C)C(=O)Cn2c(=O)[nH][nH]c2=O)cc(C)c1OCC(F)(F)F. The van der Waals surface area contributed by atoms with Gasteiger partial charge in [0.05, 0.1) is 0 Å². The molecule has 0 spiro atoms. The number of carbonyl (C=O) groups excluding carboxylic acids is 1. The van der Waals surface area contributed by atoms with E-state index < -0.39 is 36.6 Å². The highest BCUT2D eigenvalue weighted by Gasteiger charge is 2.29. The number of halogens is 3. The third kappa shape index (κ3) is 5.25. The molecule has 148 valence electrons. The molecule has 2 N–H and O–H groups in total. The number of hydrogen-bond acceptors (Lipinski definition) is 4. The standard InChI is InChI=1S/C16H19F3N4O4/c1-9-4-11(5-10(2)13(9)27-8-16(17,18)19)6-22(3)12(24)7-23-14(25)20-21-15(23)26/h4-5H,6-8H2,1-3H3,(H,20,25)(H,21,26). The first-order chi connectivity index (χ1) is 12.5. The topological polar surface area (TPSA) is 100 Å². The lowest BCUT2D eigenvalue weighted by atomic mass is 10.1. The summed E-state index contributed by atoms with van der Waals surface area (Å²) in [5.41, 5.74) is 0.247. The summed E-state index contributed by atoms with van der Waals surface area (Å²) < 4.78 is 42.6. The van der Waals surface area contributed by atoms with E-state index in [-0.39, 0.29) is 12.3 Å². The van der Waals surface area contributed by atoms with Crippen LogP contribution in [0.4, 0.5) is 13.2 Å². The number of ether oxygens (including phenoxy) is 1. The van der Waals surface area contributed by atoms with Crippen LogP contribution in [0.15, 0.2) is 21.7 Å². The summed E-state index contributed by atoms with van der Waals surface area (Å²) in [5.74, 6) is -0.328. The number of carbonyl (C=O) groups is 1. The first-order valence-corrected chi connectivity index (χ1v) is 7.89. The van der Waals surface area contributed by atoms with Crippen molar-refractivity contribution in [3.63, 3.8) is 0 Å². The molecule has 11 heteroatoms. The van der Waals surface area contributed by atoms with Crippen molar-refractivity contribution in [2.24, 2.45) is 0 Å². The molecule has 1 amide bonds. The van der Waals surface area contributed by atoms with Gasteiger partial charge in [-0.25, -0.2) is 24.4 Å². The number of aryl methyl sites for hydroxylation is 2. The zero-order valence-corrected chi connectivity index (χ0v) is 14.9. The average Bonchev–Trinajstić information content (AvgIpc) is 2.84. The number of nitrogens with one attached hydrogen (secondary N) is 2. The molecule has 2 rings (SSSR count). The van der Waals surface area contributed by atoms with Gasteiger partial charge < -0.3 is 9.64 Å². The Bertz CT molecular complexity index is 892. The second-order valence-electron chi connectivity index (χ2n) is 6.16. The van der Waals surface area contributed by atoms with Gasteiger partial charge in [-0.3, -0.25) is 4.79 Å². The molecule has 0 aliphatic carbocycles. The van der Waals surface area contributed by atoms with Crippen LogP contribution in [0.1, 0.15) is 16.7 Å². The van der Waals surface area contributed by atoms with E-state index in [1.165, 1.54) is 11.9 Å². The minimum absolute atomic E-state index is 0.149. The Morgan fingerprint density at radius 3 is 2.15 bits per heavy atom. The van der Waals surface area contributed by atoms with Crippen molar-refractivity contribution in [1.82, 2.24) is 19.7 Å². The van der Waals surface area contributed by atoms with E-state index in [4.69, 9.17) is 4.74 Å². The maximum atomic E-state index is 12.3. The summed E-state index contributed by atoms with van der Waals surface area (Å²) >= 11 is 0.